The smallest absolute Gasteiger partial charge is 0.232 e. The topological polar surface area (TPSA) is 144 Å². The number of nitrogens with two attached hydrogens (primary N) is 2. The first kappa shape index (κ1) is 14.1. The van der Waals surface area contributed by atoms with E-state index < -0.39 is 0 Å². The van der Waals surface area contributed by atoms with Crippen LogP contribution in [0, 0.1) is 0 Å². The number of nitrogen functional groups attached to an aromatic ring is 2. The maximum Gasteiger partial charge on any atom is 0.232 e. The number of hydrogen-bond donors (Lipinski definition) is 4. The lowest BCUT2D eigenvalue weighted by atomic mass is 10.3. The van der Waals surface area contributed by atoms with Crippen LogP contribution < -0.4 is 16.8 Å². The SMILES string of the molecule is Nc1nc(CSc2n[nH]c(N)n2)nc(Nc2ccccc2)n1. The average Bonchev–Trinajstić information content (AvgIpc) is 2.91. The van der Waals surface area contributed by atoms with E-state index in [-0.39, 0.29) is 11.9 Å². The maximum absolute atomic E-state index is 5.72. The number of nitrogens with zero attached hydrogens (tertiary/aromatic N) is 5. The molecule has 9 nitrogen and oxygen atoms in total. The summed E-state index contributed by atoms with van der Waals surface area (Å²) in [4.78, 5) is 16.5. The van der Waals surface area contributed by atoms with Gasteiger partial charge in [0.25, 0.3) is 0 Å². The van der Waals surface area contributed by atoms with Crippen LogP contribution in [0.1, 0.15) is 5.82 Å². The molecule has 0 aliphatic heterocycles. The van der Waals surface area contributed by atoms with Crippen LogP contribution in [0.25, 0.3) is 0 Å². The van der Waals surface area contributed by atoms with Crippen LogP contribution in [0.2, 0.25) is 0 Å². The van der Waals surface area contributed by atoms with Crippen molar-refractivity contribution in [1.29, 1.82) is 0 Å². The largest absolute Gasteiger partial charge is 0.368 e. The Morgan fingerprint density at radius 3 is 2.59 bits per heavy atom. The minimum absolute atomic E-state index is 0.151. The van der Waals surface area contributed by atoms with Crippen molar-refractivity contribution in [1.82, 2.24) is 30.1 Å². The number of nitrogens with one attached hydrogen (secondary N) is 2. The van der Waals surface area contributed by atoms with Gasteiger partial charge in [-0.05, 0) is 12.1 Å². The van der Waals surface area contributed by atoms with Gasteiger partial charge < -0.3 is 16.8 Å². The molecule has 2 aromatic heterocycles. The van der Waals surface area contributed by atoms with Crippen molar-refractivity contribution in [2.45, 2.75) is 10.9 Å². The quantitative estimate of drug-likeness (QED) is 0.510. The van der Waals surface area contributed by atoms with Crippen LogP contribution in [0.3, 0.4) is 0 Å². The summed E-state index contributed by atoms with van der Waals surface area (Å²) in [6, 6.07) is 9.57. The molecule has 0 fully saturated rings. The third-order valence-electron chi connectivity index (χ3n) is 2.54. The summed E-state index contributed by atoms with van der Waals surface area (Å²) in [5.74, 6) is 1.79. The number of hydrogen-bond acceptors (Lipinski definition) is 9. The molecule has 0 aliphatic carbocycles. The summed E-state index contributed by atoms with van der Waals surface area (Å²) < 4.78 is 0. The number of para-hydroxylation sites is 1. The molecule has 1 aromatic carbocycles. The third-order valence-corrected chi connectivity index (χ3v) is 3.38. The number of aromatic amines is 1. The Hall–Kier alpha value is -2.88. The second kappa shape index (κ2) is 6.26. The first-order valence-corrected chi connectivity index (χ1v) is 7.31. The van der Waals surface area contributed by atoms with E-state index in [9.17, 15) is 0 Å². The molecule has 2 heterocycles. The van der Waals surface area contributed by atoms with Gasteiger partial charge in [-0.2, -0.15) is 19.9 Å². The van der Waals surface area contributed by atoms with Crippen LogP contribution >= 0.6 is 11.8 Å². The molecule has 0 radical (unpaired) electrons. The molecular formula is C12H13N9S. The van der Waals surface area contributed by atoms with Crippen molar-refractivity contribution in [3.8, 4) is 0 Å². The Morgan fingerprint density at radius 1 is 1.05 bits per heavy atom. The molecule has 0 saturated carbocycles. The van der Waals surface area contributed by atoms with Gasteiger partial charge in [0.15, 0.2) is 0 Å². The molecule has 0 bridgehead atoms. The van der Waals surface area contributed by atoms with Crippen molar-refractivity contribution >= 4 is 35.3 Å². The predicted octanol–water partition coefficient (Wildman–Crippen LogP) is 1.19. The highest BCUT2D eigenvalue weighted by atomic mass is 32.2. The number of anilines is 4. The first-order valence-electron chi connectivity index (χ1n) is 6.32. The Labute approximate surface area is 130 Å². The van der Waals surface area contributed by atoms with Gasteiger partial charge in [-0.25, -0.2) is 5.10 Å². The standard InChI is InChI=1S/C12H13N9S/c13-9-16-8(6-22-12-19-10(14)20-21-12)17-11(18-9)15-7-4-2-1-3-5-7/h1-5H,6H2,(H3,14,19,20,21)(H3,13,15,16,17,18). The molecule has 10 heteroatoms. The van der Waals surface area contributed by atoms with Crippen LogP contribution in [0.15, 0.2) is 35.5 Å². The molecule has 0 unspecified atom stereocenters. The van der Waals surface area contributed by atoms with E-state index in [0.29, 0.717) is 22.7 Å². The Bertz CT molecular complexity index is 758. The second-order valence-electron chi connectivity index (χ2n) is 4.22. The predicted molar refractivity (Wildman–Crippen MR) is 84.3 cm³/mol. The van der Waals surface area contributed by atoms with Crippen molar-refractivity contribution in [2.24, 2.45) is 0 Å². The number of benzene rings is 1. The summed E-state index contributed by atoms with van der Waals surface area (Å²) in [5, 5.41) is 10.1. The fourth-order valence-corrected chi connectivity index (χ4v) is 2.32. The molecular weight excluding hydrogens is 302 g/mol. The Morgan fingerprint density at radius 2 is 1.86 bits per heavy atom. The lowest BCUT2D eigenvalue weighted by Crippen LogP contribution is -2.06. The monoisotopic (exact) mass is 315 g/mol. The minimum Gasteiger partial charge on any atom is -0.368 e. The number of rotatable bonds is 5. The lowest BCUT2D eigenvalue weighted by molar-refractivity contribution is 0.955. The van der Waals surface area contributed by atoms with Gasteiger partial charge in [-0.15, -0.1) is 5.10 Å². The van der Waals surface area contributed by atoms with Gasteiger partial charge >= 0.3 is 0 Å². The third kappa shape index (κ3) is 3.61. The van der Waals surface area contributed by atoms with Crippen LogP contribution in [0.5, 0.6) is 0 Å². The van der Waals surface area contributed by atoms with Crippen molar-refractivity contribution in [3.05, 3.63) is 36.2 Å². The molecule has 6 N–H and O–H groups in total. The normalized spacial score (nSPS) is 10.5. The van der Waals surface area contributed by atoms with Crippen molar-refractivity contribution in [2.75, 3.05) is 16.8 Å². The molecule has 3 rings (SSSR count). The fourth-order valence-electron chi connectivity index (χ4n) is 1.66. The van der Waals surface area contributed by atoms with Gasteiger partial charge in [-0.3, -0.25) is 0 Å². The minimum atomic E-state index is 0.151. The zero-order valence-electron chi connectivity index (χ0n) is 11.4. The average molecular weight is 315 g/mol. The van der Waals surface area contributed by atoms with E-state index in [2.05, 4.69) is 35.5 Å². The van der Waals surface area contributed by atoms with Crippen LogP contribution in [-0.4, -0.2) is 30.1 Å². The van der Waals surface area contributed by atoms with E-state index in [1.165, 1.54) is 11.8 Å². The highest BCUT2D eigenvalue weighted by molar-refractivity contribution is 7.98. The van der Waals surface area contributed by atoms with Crippen molar-refractivity contribution in [3.63, 3.8) is 0 Å². The molecule has 0 aliphatic rings. The zero-order valence-corrected chi connectivity index (χ0v) is 12.2. The lowest BCUT2D eigenvalue weighted by Gasteiger charge is -2.06. The summed E-state index contributed by atoms with van der Waals surface area (Å²) in [5.41, 5.74) is 12.1. The first-order chi connectivity index (χ1) is 10.7. The van der Waals surface area contributed by atoms with Gasteiger partial charge in [-0.1, -0.05) is 30.0 Å². The molecule has 0 saturated heterocycles. The number of H-pyrrole nitrogens is 1. The molecule has 112 valence electrons. The highest BCUT2D eigenvalue weighted by Crippen LogP contribution is 2.19. The number of thioether (sulfide) groups is 1. The highest BCUT2D eigenvalue weighted by Gasteiger charge is 2.08. The number of aromatic nitrogens is 6. The molecule has 0 spiro atoms. The summed E-state index contributed by atoms with van der Waals surface area (Å²) in [7, 11) is 0. The zero-order chi connectivity index (χ0) is 15.4. The van der Waals surface area contributed by atoms with Gasteiger partial charge in [0.1, 0.15) is 5.82 Å². The Balaban J connectivity index is 1.72. The van der Waals surface area contributed by atoms with Crippen LogP contribution in [-0.2, 0) is 5.75 Å². The van der Waals surface area contributed by atoms with Crippen molar-refractivity contribution < 1.29 is 0 Å². The van der Waals surface area contributed by atoms with E-state index in [1.807, 2.05) is 30.3 Å². The summed E-state index contributed by atoms with van der Waals surface area (Å²) in [6.07, 6.45) is 0. The molecule has 0 amide bonds. The summed E-state index contributed by atoms with van der Waals surface area (Å²) in [6.45, 7) is 0. The van der Waals surface area contributed by atoms with E-state index >= 15 is 0 Å². The van der Waals surface area contributed by atoms with E-state index in [0.717, 1.165) is 5.69 Å². The van der Waals surface area contributed by atoms with Gasteiger partial charge in [0, 0.05) is 5.69 Å². The fraction of sp³-hybridized carbons (Fsp3) is 0.0833. The maximum atomic E-state index is 5.72. The van der Waals surface area contributed by atoms with Gasteiger partial charge in [0.2, 0.25) is 23.0 Å². The summed E-state index contributed by atoms with van der Waals surface area (Å²) >= 11 is 1.35. The van der Waals surface area contributed by atoms with Crippen LogP contribution in [0.4, 0.5) is 23.5 Å². The van der Waals surface area contributed by atoms with E-state index in [1.54, 1.807) is 0 Å². The molecule has 3 aromatic rings. The van der Waals surface area contributed by atoms with Gasteiger partial charge in [0.05, 0.1) is 5.75 Å². The molecule has 22 heavy (non-hydrogen) atoms. The molecule has 0 atom stereocenters. The Kier molecular flexibility index (Phi) is 4.01. The van der Waals surface area contributed by atoms with E-state index in [4.69, 9.17) is 11.5 Å². The second-order valence-corrected chi connectivity index (χ2v) is 5.16.